The first-order chi connectivity index (χ1) is 6.83. The zero-order valence-electron chi connectivity index (χ0n) is 9.13. The van der Waals surface area contributed by atoms with E-state index in [1.54, 1.807) is 0 Å². The van der Waals surface area contributed by atoms with Crippen LogP contribution in [0.3, 0.4) is 0 Å². The van der Waals surface area contributed by atoms with Crippen molar-refractivity contribution < 1.29 is 14.6 Å². The van der Waals surface area contributed by atoms with Gasteiger partial charge in [0.2, 0.25) is 0 Å². The van der Waals surface area contributed by atoms with Gasteiger partial charge < -0.3 is 14.6 Å². The maximum Gasteiger partial charge on any atom is 0.0489 e. The fourth-order valence-electron chi connectivity index (χ4n) is 1.99. The van der Waals surface area contributed by atoms with Crippen molar-refractivity contribution in [2.45, 2.75) is 32.6 Å². The Morgan fingerprint density at radius 3 is 2.64 bits per heavy atom. The lowest BCUT2D eigenvalue weighted by molar-refractivity contribution is -0.0250. The fraction of sp³-hybridized carbons (Fsp3) is 1.00. The van der Waals surface area contributed by atoms with Gasteiger partial charge in [-0.1, -0.05) is 0 Å². The Hall–Kier alpha value is -0.120. The van der Waals surface area contributed by atoms with Gasteiger partial charge in [-0.3, -0.25) is 0 Å². The lowest BCUT2D eigenvalue weighted by Crippen LogP contribution is -2.33. The van der Waals surface area contributed by atoms with Gasteiger partial charge >= 0.3 is 0 Å². The number of ether oxygens (including phenoxy) is 2. The van der Waals surface area contributed by atoms with Gasteiger partial charge in [0.05, 0.1) is 0 Å². The lowest BCUT2D eigenvalue weighted by atomic mass is 9.77. The van der Waals surface area contributed by atoms with E-state index in [0.29, 0.717) is 6.61 Å². The molecule has 0 radical (unpaired) electrons. The van der Waals surface area contributed by atoms with Gasteiger partial charge in [-0.05, 0) is 38.0 Å². The zero-order valence-corrected chi connectivity index (χ0v) is 9.13. The number of aliphatic hydroxyl groups excluding tert-OH is 1. The Balaban J connectivity index is 2.22. The minimum Gasteiger partial charge on any atom is -0.396 e. The molecule has 1 heterocycles. The molecular weight excluding hydrogens is 180 g/mol. The molecule has 0 atom stereocenters. The van der Waals surface area contributed by atoms with Crippen LogP contribution in [0.15, 0.2) is 0 Å². The third-order valence-corrected chi connectivity index (χ3v) is 3.09. The van der Waals surface area contributed by atoms with Crippen molar-refractivity contribution >= 4 is 0 Å². The van der Waals surface area contributed by atoms with Crippen LogP contribution < -0.4 is 0 Å². The Labute approximate surface area is 86.4 Å². The minimum atomic E-state index is 0.120. The molecule has 0 aromatic rings. The van der Waals surface area contributed by atoms with Gasteiger partial charge in [0, 0.05) is 33.0 Å². The first kappa shape index (κ1) is 12.0. The monoisotopic (exact) mass is 202 g/mol. The Morgan fingerprint density at radius 1 is 1.36 bits per heavy atom. The second-order valence-corrected chi connectivity index (χ2v) is 4.07. The summed E-state index contributed by atoms with van der Waals surface area (Å²) in [5.41, 5.74) is 0.120. The van der Waals surface area contributed by atoms with Gasteiger partial charge in [-0.25, -0.2) is 0 Å². The summed E-state index contributed by atoms with van der Waals surface area (Å²) in [6.45, 7) is 5.51. The van der Waals surface area contributed by atoms with Crippen molar-refractivity contribution in [3.05, 3.63) is 0 Å². The van der Waals surface area contributed by atoms with Crippen LogP contribution in [0.1, 0.15) is 32.6 Å². The third kappa shape index (κ3) is 3.56. The third-order valence-electron chi connectivity index (χ3n) is 3.09. The van der Waals surface area contributed by atoms with Crippen molar-refractivity contribution in [3.63, 3.8) is 0 Å². The van der Waals surface area contributed by atoms with Crippen molar-refractivity contribution in [2.75, 3.05) is 33.0 Å². The summed E-state index contributed by atoms with van der Waals surface area (Å²) >= 11 is 0. The number of hydrogen-bond acceptors (Lipinski definition) is 3. The van der Waals surface area contributed by atoms with Gasteiger partial charge in [-0.2, -0.15) is 0 Å². The standard InChI is InChI=1S/C11H22O3/c1-2-13-7-3-4-11(10-12)5-8-14-9-6-11/h12H,2-10H2,1H3. The van der Waals surface area contributed by atoms with Gasteiger partial charge in [-0.15, -0.1) is 0 Å². The van der Waals surface area contributed by atoms with Gasteiger partial charge in [0.15, 0.2) is 0 Å². The molecule has 1 N–H and O–H groups in total. The molecule has 0 saturated carbocycles. The number of aliphatic hydroxyl groups is 1. The SMILES string of the molecule is CCOCCCC1(CO)CCOCC1. The second kappa shape index (κ2) is 6.38. The van der Waals surface area contributed by atoms with Crippen LogP contribution in [-0.2, 0) is 9.47 Å². The number of rotatable bonds is 6. The van der Waals surface area contributed by atoms with Crippen LogP contribution in [-0.4, -0.2) is 38.1 Å². The highest BCUT2D eigenvalue weighted by Gasteiger charge is 2.31. The van der Waals surface area contributed by atoms with Crippen LogP contribution in [0.2, 0.25) is 0 Å². The summed E-state index contributed by atoms with van der Waals surface area (Å²) in [5, 5.41) is 9.40. The average Bonchev–Trinajstić information content (AvgIpc) is 2.26. The highest BCUT2D eigenvalue weighted by atomic mass is 16.5. The predicted octanol–water partition coefficient (Wildman–Crippen LogP) is 1.59. The highest BCUT2D eigenvalue weighted by Crippen LogP contribution is 2.34. The summed E-state index contributed by atoms with van der Waals surface area (Å²) in [6, 6.07) is 0. The first-order valence-electron chi connectivity index (χ1n) is 5.59. The van der Waals surface area contributed by atoms with Crippen LogP contribution in [0, 0.1) is 5.41 Å². The van der Waals surface area contributed by atoms with Crippen LogP contribution in [0.4, 0.5) is 0 Å². The Bertz CT molecular complexity index is 141. The second-order valence-electron chi connectivity index (χ2n) is 4.07. The normalized spacial score (nSPS) is 21.0. The summed E-state index contributed by atoms with van der Waals surface area (Å²) in [7, 11) is 0. The molecule has 0 spiro atoms. The number of hydrogen-bond donors (Lipinski definition) is 1. The molecule has 0 aromatic heterocycles. The van der Waals surface area contributed by atoms with E-state index in [1.165, 1.54) is 0 Å². The molecule has 0 aliphatic carbocycles. The predicted molar refractivity (Wildman–Crippen MR) is 55.3 cm³/mol. The quantitative estimate of drug-likeness (QED) is 0.665. The molecule has 0 unspecified atom stereocenters. The maximum atomic E-state index is 9.40. The van der Waals surface area contributed by atoms with Gasteiger partial charge in [0.25, 0.3) is 0 Å². The van der Waals surface area contributed by atoms with E-state index in [9.17, 15) is 5.11 Å². The smallest absolute Gasteiger partial charge is 0.0489 e. The molecule has 3 heteroatoms. The minimum absolute atomic E-state index is 0.120. The molecule has 0 aromatic carbocycles. The molecule has 1 aliphatic heterocycles. The molecule has 1 saturated heterocycles. The Kier molecular flexibility index (Phi) is 5.45. The van der Waals surface area contributed by atoms with E-state index in [4.69, 9.17) is 9.47 Å². The molecule has 1 aliphatic rings. The van der Waals surface area contributed by atoms with Gasteiger partial charge in [0.1, 0.15) is 0 Å². The molecular formula is C11H22O3. The van der Waals surface area contributed by atoms with Crippen molar-refractivity contribution in [3.8, 4) is 0 Å². The maximum absolute atomic E-state index is 9.40. The van der Waals surface area contributed by atoms with Crippen LogP contribution in [0.5, 0.6) is 0 Å². The van der Waals surface area contributed by atoms with E-state index in [-0.39, 0.29) is 5.41 Å². The van der Waals surface area contributed by atoms with Crippen molar-refractivity contribution in [1.82, 2.24) is 0 Å². The summed E-state index contributed by atoms with van der Waals surface area (Å²) in [4.78, 5) is 0. The van der Waals surface area contributed by atoms with E-state index >= 15 is 0 Å². The summed E-state index contributed by atoms with van der Waals surface area (Å²) in [5.74, 6) is 0. The summed E-state index contributed by atoms with van der Waals surface area (Å²) < 4.78 is 10.6. The fourth-order valence-corrected chi connectivity index (χ4v) is 1.99. The zero-order chi connectivity index (χ0) is 10.3. The Morgan fingerprint density at radius 2 is 2.07 bits per heavy atom. The molecule has 1 fully saturated rings. The molecule has 1 rings (SSSR count). The van der Waals surface area contributed by atoms with Crippen molar-refractivity contribution in [2.24, 2.45) is 5.41 Å². The molecule has 0 amide bonds. The van der Waals surface area contributed by atoms with Crippen LogP contribution in [0.25, 0.3) is 0 Å². The molecule has 0 bridgehead atoms. The molecule has 14 heavy (non-hydrogen) atoms. The van der Waals surface area contributed by atoms with E-state index in [2.05, 4.69) is 0 Å². The largest absolute Gasteiger partial charge is 0.396 e. The first-order valence-corrected chi connectivity index (χ1v) is 5.59. The van der Waals surface area contributed by atoms with Crippen molar-refractivity contribution in [1.29, 1.82) is 0 Å². The molecule has 84 valence electrons. The van der Waals surface area contributed by atoms with E-state index < -0.39 is 0 Å². The highest BCUT2D eigenvalue weighted by molar-refractivity contribution is 4.80. The summed E-state index contributed by atoms with van der Waals surface area (Å²) in [6.07, 6.45) is 4.10. The molecule has 3 nitrogen and oxygen atoms in total. The van der Waals surface area contributed by atoms with E-state index in [0.717, 1.165) is 52.1 Å². The average molecular weight is 202 g/mol. The lowest BCUT2D eigenvalue weighted by Gasteiger charge is -2.35. The van der Waals surface area contributed by atoms with E-state index in [1.807, 2.05) is 6.92 Å². The topological polar surface area (TPSA) is 38.7 Å². The van der Waals surface area contributed by atoms with Crippen LogP contribution >= 0.6 is 0 Å².